The summed E-state index contributed by atoms with van der Waals surface area (Å²) in [4.78, 5) is 31.2. The minimum Gasteiger partial charge on any atom is -0.320 e. The van der Waals surface area contributed by atoms with E-state index in [2.05, 4.69) is 15.6 Å². The molecule has 0 saturated carbocycles. The highest BCUT2D eigenvalue weighted by atomic mass is 35.5. The number of nitrogens with one attached hydrogen (secondary N) is 2. The number of amides is 3. The molecule has 1 aliphatic rings. The average Bonchev–Trinajstić information content (AvgIpc) is 2.82. The highest BCUT2D eigenvalue weighted by molar-refractivity contribution is 6.31. The molecule has 0 atom stereocenters. The van der Waals surface area contributed by atoms with E-state index in [-0.39, 0.29) is 12.5 Å². The van der Waals surface area contributed by atoms with E-state index < -0.39 is 6.03 Å². The Morgan fingerprint density at radius 2 is 1.79 bits per heavy atom. The van der Waals surface area contributed by atoms with Crippen molar-refractivity contribution >= 4 is 46.5 Å². The van der Waals surface area contributed by atoms with E-state index in [9.17, 15) is 9.59 Å². The Morgan fingerprint density at radius 3 is 2.52 bits per heavy atom. The molecular formula is C25H20Cl2N4O2. The molecule has 6 nitrogen and oxygen atoms in total. The molecule has 1 aliphatic heterocycles. The third-order valence-electron chi connectivity index (χ3n) is 4.92. The summed E-state index contributed by atoms with van der Waals surface area (Å²) in [5.74, 6) is -0.305. The Kier molecular flexibility index (Phi) is 7.07. The van der Waals surface area contributed by atoms with Crippen LogP contribution in [0.4, 0.5) is 16.2 Å². The van der Waals surface area contributed by atoms with E-state index in [0.717, 1.165) is 11.3 Å². The van der Waals surface area contributed by atoms with Gasteiger partial charge >= 0.3 is 6.03 Å². The van der Waals surface area contributed by atoms with Crippen LogP contribution in [0.2, 0.25) is 5.02 Å². The number of allylic oxidation sites excluding steroid dienone is 2. The van der Waals surface area contributed by atoms with Crippen LogP contribution in [0.3, 0.4) is 0 Å². The predicted molar refractivity (Wildman–Crippen MR) is 132 cm³/mol. The molecule has 4 rings (SSSR count). The van der Waals surface area contributed by atoms with Crippen molar-refractivity contribution in [3.05, 3.63) is 112 Å². The maximum Gasteiger partial charge on any atom is 0.326 e. The third-order valence-corrected chi connectivity index (χ3v) is 5.40. The molecule has 0 radical (unpaired) electrons. The van der Waals surface area contributed by atoms with Gasteiger partial charge in [-0.1, -0.05) is 41.4 Å². The molecule has 166 valence electrons. The van der Waals surface area contributed by atoms with Crippen molar-refractivity contribution in [2.45, 2.75) is 6.42 Å². The van der Waals surface area contributed by atoms with Gasteiger partial charge in [-0.2, -0.15) is 0 Å². The van der Waals surface area contributed by atoms with Gasteiger partial charge in [0.1, 0.15) is 0 Å². The van der Waals surface area contributed by atoms with E-state index in [1.165, 1.54) is 4.90 Å². The van der Waals surface area contributed by atoms with Crippen LogP contribution in [-0.4, -0.2) is 28.4 Å². The highest BCUT2D eigenvalue weighted by Gasteiger charge is 2.17. The lowest BCUT2D eigenvalue weighted by Gasteiger charge is -2.22. The minimum atomic E-state index is -0.394. The molecule has 0 saturated heterocycles. The summed E-state index contributed by atoms with van der Waals surface area (Å²) in [5, 5.41) is 6.59. The number of aromatic nitrogens is 1. The zero-order valence-corrected chi connectivity index (χ0v) is 19.0. The molecule has 3 amide bonds. The molecule has 33 heavy (non-hydrogen) atoms. The van der Waals surface area contributed by atoms with Gasteiger partial charge in [0.05, 0.1) is 17.9 Å². The van der Waals surface area contributed by atoms with Crippen molar-refractivity contribution in [3.8, 4) is 0 Å². The number of hydrogen-bond donors (Lipinski definition) is 2. The first-order chi connectivity index (χ1) is 16.0. The van der Waals surface area contributed by atoms with Gasteiger partial charge < -0.3 is 10.6 Å². The summed E-state index contributed by atoms with van der Waals surface area (Å²) >= 11 is 12.1. The van der Waals surface area contributed by atoms with Gasteiger partial charge in [0.15, 0.2) is 0 Å². The van der Waals surface area contributed by atoms with Gasteiger partial charge in [0.2, 0.25) is 0 Å². The van der Waals surface area contributed by atoms with Gasteiger partial charge in [-0.25, -0.2) is 4.79 Å². The molecule has 2 heterocycles. The zero-order chi connectivity index (χ0) is 23.2. The fraction of sp³-hybridized carbons (Fsp3) is 0.0800. The van der Waals surface area contributed by atoms with E-state index >= 15 is 0 Å². The topological polar surface area (TPSA) is 74.3 Å². The minimum absolute atomic E-state index is 0.261. The number of carbonyl (C=O) groups excluding carboxylic acids is 2. The van der Waals surface area contributed by atoms with Gasteiger partial charge in [-0.15, -0.1) is 0 Å². The number of anilines is 2. The van der Waals surface area contributed by atoms with Crippen molar-refractivity contribution in [1.82, 2.24) is 9.88 Å². The molecule has 0 unspecified atom stereocenters. The van der Waals surface area contributed by atoms with Crippen LogP contribution in [0.5, 0.6) is 0 Å². The molecule has 2 N–H and O–H groups in total. The second-order valence-electron chi connectivity index (χ2n) is 7.35. The molecule has 8 heteroatoms. The Morgan fingerprint density at radius 1 is 0.970 bits per heavy atom. The summed E-state index contributed by atoms with van der Waals surface area (Å²) in [7, 11) is 0. The number of benzene rings is 2. The molecular weight excluding hydrogens is 459 g/mol. The average molecular weight is 479 g/mol. The smallest absolute Gasteiger partial charge is 0.320 e. The largest absolute Gasteiger partial charge is 0.326 e. The Labute approximate surface area is 201 Å². The van der Waals surface area contributed by atoms with Gasteiger partial charge in [0.25, 0.3) is 5.91 Å². The van der Waals surface area contributed by atoms with E-state index in [4.69, 9.17) is 23.2 Å². The molecule has 0 bridgehead atoms. The predicted octanol–water partition coefficient (Wildman–Crippen LogP) is 6.06. The third kappa shape index (κ3) is 6.00. The van der Waals surface area contributed by atoms with Crippen LogP contribution >= 0.6 is 23.2 Å². The number of rotatable bonds is 5. The summed E-state index contributed by atoms with van der Waals surface area (Å²) in [6.07, 6.45) is 7.46. The van der Waals surface area contributed by atoms with Crippen molar-refractivity contribution in [2.24, 2.45) is 0 Å². The molecule has 0 fully saturated rings. The first-order valence-corrected chi connectivity index (χ1v) is 10.9. The van der Waals surface area contributed by atoms with E-state index in [1.807, 2.05) is 30.3 Å². The summed E-state index contributed by atoms with van der Waals surface area (Å²) in [5.41, 5.74) is 3.30. The second kappa shape index (κ2) is 10.3. The lowest BCUT2D eigenvalue weighted by Crippen LogP contribution is -2.32. The standard InChI is InChI=1S/C25H20Cl2N4O2/c26-19-10-11-22(23(15-19)30-25(33)31-13-3-4-20(27)16-31)29-24(32)18-8-6-17(7-9-18)14-21-5-1-2-12-28-21/h1-13,15H,14,16H2,(H,29,32)(H,30,33). The van der Waals surface area contributed by atoms with Crippen LogP contribution < -0.4 is 10.6 Å². The van der Waals surface area contributed by atoms with Crippen LogP contribution in [0, 0.1) is 0 Å². The van der Waals surface area contributed by atoms with E-state index in [1.54, 1.807) is 54.9 Å². The number of carbonyl (C=O) groups is 2. The maximum absolute atomic E-state index is 12.8. The van der Waals surface area contributed by atoms with Crippen LogP contribution in [0.1, 0.15) is 21.6 Å². The van der Waals surface area contributed by atoms with E-state index in [0.29, 0.717) is 33.4 Å². The van der Waals surface area contributed by atoms with Crippen molar-refractivity contribution in [2.75, 3.05) is 17.2 Å². The van der Waals surface area contributed by atoms with Crippen LogP contribution in [0.25, 0.3) is 0 Å². The number of pyridine rings is 1. The lowest BCUT2D eigenvalue weighted by molar-refractivity contribution is 0.102. The Balaban J connectivity index is 1.45. The second-order valence-corrected chi connectivity index (χ2v) is 8.27. The first-order valence-electron chi connectivity index (χ1n) is 10.2. The summed E-state index contributed by atoms with van der Waals surface area (Å²) in [6, 6.07) is 17.6. The van der Waals surface area contributed by atoms with Crippen LogP contribution in [0.15, 0.2) is 90.2 Å². The van der Waals surface area contributed by atoms with Crippen molar-refractivity contribution < 1.29 is 9.59 Å². The number of nitrogens with zero attached hydrogens (tertiary/aromatic N) is 2. The van der Waals surface area contributed by atoms with Gasteiger partial charge in [0, 0.05) is 40.1 Å². The molecule has 0 spiro atoms. The zero-order valence-electron chi connectivity index (χ0n) is 17.5. The van der Waals surface area contributed by atoms with Gasteiger partial charge in [-0.05, 0) is 60.2 Å². The van der Waals surface area contributed by atoms with Crippen LogP contribution in [-0.2, 0) is 6.42 Å². The molecule has 0 aliphatic carbocycles. The number of hydrogen-bond acceptors (Lipinski definition) is 3. The first kappa shape index (κ1) is 22.6. The Hall–Kier alpha value is -3.61. The highest BCUT2D eigenvalue weighted by Crippen LogP contribution is 2.27. The van der Waals surface area contributed by atoms with Gasteiger partial charge in [-0.3, -0.25) is 14.7 Å². The quantitative estimate of drug-likeness (QED) is 0.467. The van der Waals surface area contributed by atoms with Crippen molar-refractivity contribution in [3.63, 3.8) is 0 Å². The number of urea groups is 1. The fourth-order valence-corrected chi connectivity index (χ4v) is 3.63. The Bertz CT molecular complexity index is 1220. The van der Waals surface area contributed by atoms with Crippen molar-refractivity contribution in [1.29, 1.82) is 0 Å². The fourth-order valence-electron chi connectivity index (χ4n) is 3.26. The summed E-state index contributed by atoms with van der Waals surface area (Å²) in [6.45, 7) is 0.261. The molecule has 3 aromatic rings. The summed E-state index contributed by atoms with van der Waals surface area (Å²) < 4.78 is 0. The lowest BCUT2D eigenvalue weighted by atomic mass is 10.1. The maximum atomic E-state index is 12.8. The number of halogens is 2. The normalized spacial score (nSPS) is 12.8. The molecule has 2 aromatic carbocycles. The monoisotopic (exact) mass is 478 g/mol. The molecule has 1 aromatic heterocycles. The SMILES string of the molecule is O=C(Nc1ccc(Cl)cc1NC(=O)N1C=CC=C(Cl)C1)c1ccc(Cc2ccccn2)cc1.